The van der Waals surface area contributed by atoms with E-state index in [2.05, 4.69) is 26.8 Å². The first-order chi connectivity index (χ1) is 19.5. The molecule has 0 aliphatic carbocycles. The number of rotatable bonds is 9. The zero-order valence-electron chi connectivity index (χ0n) is 24.6. The molecule has 0 unspecified atom stereocenters. The number of pyridine rings is 1. The standard InChI is InChI=1S/C34H36FNO5/c1-8-39-33(37)32-22(3)36-26(19-29(32)40-20-23-12-10-9-11-13-23)31-21(2)16-24(34(4,5)6)17-30(31)41-27-15-14-25(35)18-28(27)38-7/h9-19H,8,20H2,1-7H3. The Morgan fingerprint density at radius 1 is 0.902 bits per heavy atom. The lowest BCUT2D eigenvalue weighted by Crippen LogP contribution is -2.13. The number of hydrogen-bond acceptors (Lipinski definition) is 6. The molecule has 0 atom stereocenters. The van der Waals surface area contributed by atoms with Crippen LogP contribution in [0.25, 0.3) is 11.3 Å². The Hall–Kier alpha value is -4.39. The Balaban J connectivity index is 1.89. The van der Waals surface area contributed by atoms with E-state index in [1.54, 1.807) is 19.9 Å². The number of carbonyl (C=O) groups is 1. The van der Waals surface area contributed by atoms with Crippen molar-refractivity contribution in [2.45, 2.75) is 53.6 Å². The van der Waals surface area contributed by atoms with Gasteiger partial charge >= 0.3 is 5.97 Å². The summed E-state index contributed by atoms with van der Waals surface area (Å²) in [5, 5.41) is 0. The lowest BCUT2D eigenvalue weighted by Gasteiger charge is -2.24. The van der Waals surface area contributed by atoms with Crippen LogP contribution in [0.2, 0.25) is 0 Å². The van der Waals surface area contributed by atoms with E-state index in [1.807, 2.05) is 43.3 Å². The Morgan fingerprint density at radius 2 is 1.63 bits per heavy atom. The van der Waals surface area contributed by atoms with Gasteiger partial charge in [0.1, 0.15) is 29.5 Å². The molecule has 0 fully saturated rings. The molecule has 0 saturated heterocycles. The molecule has 0 bridgehead atoms. The van der Waals surface area contributed by atoms with E-state index in [1.165, 1.54) is 25.3 Å². The van der Waals surface area contributed by atoms with Crippen molar-refractivity contribution in [3.8, 4) is 34.3 Å². The number of aryl methyl sites for hydroxylation is 2. The zero-order valence-corrected chi connectivity index (χ0v) is 24.6. The van der Waals surface area contributed by atoms with Crippen molar-refractivity contribution < 1.29 is 28.1 Å². The fraction of sp³-hybridized carbons (Fsp3) is 0.294. The summed E-state index contributed by atoms with van der Waals surface area (Å²) < 4.78 is 37.3. The van der Waals surface area contributed by atoms with Crippen LogP contribution in [0.4, 0.5) is 4.39 Å². The van der Waals surface area contributed by atoms with E-state index < -0.39 is 11.8 Å². The average molecular weight is 558 g/mol. The summed E-state index contributed by atoms with van der Waals surface area (Å²) in [4.78, 5) is 17.8. The predicted octanol–water partition coefficient (Wildman–Crippen LogP) is 8.36. The van der Waals surface area contributed by atoms with Crippen molar-refractivity contribution in [3.63, 3.8) is 0 Å². The number of nitrogens with zero attached hydrogens (tertiary/aromatic N) is 1. The first-order valence-corrected chi connectivity index (χ1v) is 13.5. The monoisotopic (exact) mass is 557 g/mol. The minimum atomic E-state index is -0.501. The molecule has 0 amide bonds. The van der Waals surface area contributed by atoms with Crippen LogP contribution >= 0.6 is 0 Å². The molecule has 41 heavy (non-hydrogen) atoms. The molecule has 0 spiro atoms. The van der Waals surface area contributed by atoms with E-state index in [0.717, 1.165) is 16.7 Å². The maximum absolute atomic E-state index is 13.9. The number of halogens is 1. The first kappa shape index (κ1) is 29.6. The number of hydrogen-bond donors (Lipinski definition) is 0. The molecular formula is C34H36FNO5. The Bertz CT molecular complexity index is 1540. The van der Waals surface area contributed by atoms with Crippen molar-refractivity contribution in [2.24, 2.45) is 0 Å². The van der Waals surface area contributed by atoms with Gasteiger partial charge < -0.3 is 18.9 Å². The van der Waals surface area contributed by atoms with Gasteiger partial charge in [-0.1, -0.05) is 57.2 Å². The SMILES string of the molecule is CCOC(=O)c1c(OCc2ccccc2)cc(-c2c(C)cc(C(C)(C)C)cc2Oc2ccc(F)cc2OC)nc1C. The highest BCUT2D eigenvalue weighted by atomic mass is 19.1. The van der Waals surface area contributed by atoms with Gasteiger partial charge in [0, 0.05) is 17.7 Å². The van der Waals surface area contributed by atoms with Crippen LogP contribution in [0.3, 0.4) is 0 Å². The third-order valence-corrected chi connectivity index (χ3v) is 6.65. The number of ether oxygens (including phenoxy) is 4. The molecule has 214 valence electrons. The zero-order chi connectivity index (χ0) is 29.7. The summed E-state index contributed by atoms with van der Waals surface area (Å²) in [6, 6.07) is 19.7. The lowest BCUT2D eigenvalue weighted by molar-refractivity contribution is 0.0519. The molecule has 7 heteroatoms. The normalized spacial score (nSPS) is 11.2. The summed E-state index contributed by atoms with van der Waals surface area (Å²) in [6.07, 6.45) is 0. The molecule has 0 radical (unpaired) electrons. The van der Waals surface area contributed by atoms with Crippen LogP contribution < -0.4 is 14.2 Å². The smallest absolute Gasteiger partial charge is 0.343 e. The Morgan fingerprint density at radius 3 is 2.29 bits per heavy atom. The van der Waals surface area contributed by atoms with E-state index in [4.69, 9.17) is 23.9 Å². The maximum atomic E-state index is 13.9. The second-order valence-corrected chi connectivity index (χ2v) is 10.8. The molecule has 0 N–H and O–H groups in total. The molecule has 1 heterocycles. The summed E-state index contributed by atoms with van der Waals surface area (Å²) >= 11 is 0. The summed E-state index contributed by atoms with van der Waals surface area (Å²) in [5.41, 5.74) is 4.77. The Kier molecular flexibility index (Phi) is 8.96. The molecule has 3 aromatic carbocycles. The Labute approximate surface area is 241 Å². The third-order valence-electron chi connectivity index (χ3n) is 6.65. The number of esters is 1. The number of benzene rings is 3. The van der Waals surface area contributed by atoms with Gasteiger partial charge in [-0.3, -0.25) is 4.98 Å². The summed E-state index contributed by atoms with van der Waals surface area (Å²) in [6.45, 7) is 12.3. The van der Waals surface area contributed by atoms with Crippen molar-refractivity contribution in [1.29, 1.82) is 0 Å². The molecule has 4 rings (SSSR count). The van der Waals surface area contributed by atoms with Crippen LogP contribution in [-0.2, 0) is 16.8 Å². The van der Waals surface area contributed by atoms with E-state index in [0.29, 0.717) is 34.2 Å². The molecule has 4 aromatic rings. The molecule has 6 nitrogen and oxygen atoms in total. The van der Waals surface area contributed by atoms with Crippen LogP contribution in [-0.4, -0.2) is 24.7 Å². The number of carbonyl (C=O) groups excluding carboxylic acids is 1. The van der Waals surface area contributed by atoms with E-state index in [-0.39, 0.29) is 29.9 Å². The highest BCUT2D eigenvalue weighted by Crippen LogP contribution is 2.43. The van der Waals surface area contributed by atoms with Gasteiger partial charge in [0.25, 0.3) is 0 Å². The average Bonchev–Trinajstić information content (AvgIpc) is 2.92. The van der Waals surface area contributed by atoms with Crippen LogP contribution in [0.15, 0.2) is 66.7 Å². The van der Waals surface area contributed by atoms with E-state index in [9.17, 15) is 9.18 Å². The second-order valence-electron chi connectivity index (χ2n) is 10.8. The molecular weight excluding hydrogens is 521 g/mol. The topological polar surface area (TPSA) is 66.9 Å². The molecule has 0 aliphatic heterocycles. The highest BCUT2D eigenvalue weighted by molar-refractivity contribution is 5.94. The van der Waals surface area contributed by atoms with Gasteiger partial charge in [0.15, 0.2) is 11.5 Å². The van der Waals surface area contributed by atoms with Gasteiger partial charge in [-0.15, -0.1) is 0 Å². The second kappa shape index (κ2) is 12.4. The van der Waals surface area contributed by atoms with Crippen molar-refractivity contribution in [1.82, 2.24) is 4.98 Å². The largest absolute Gasteiger partial charge is 0.493 e. The van der Waals surface area contributed by atoms with Gasteiger partial charge in [-0.05, 0) is 61.1 Å². The summed E-state index contributed by atoms with van der Waals surface area (Å²) in [7, 11) is 1.47. The van der Waals surface area contributed by atoms with Gasteiger partial charge in [-0.2, -0.15) is 0 Å². The first-order valence-electron chi connectivity index (χ1n) is 13.5. The molecule has 0 saturated carbocycles. The maximum Gasteiger partial charge on any atom is 0.343 e. The third kappa shape index (κ3) is 6.85. The fourth-order valence-electron chi connectivity index (χ4n) is 4.51. The quantitative estimate of drug-likeness (QED) is 0.193. The highest BCUT2D eigenvalue weighted by Gasteiger charge is 2.25. The lowest BCUT2D eigenvalue weighted by atomic mass is 9.84. The van der Waals surface area contributed by atoms with Crippen molar-refractivity contribution in [2.75, 3.05) is 13.7 Å². The number of aromatic nitrogens is 1. The van der Waals surface area contributed by atoms with Crippen molar-refractivity contribution in [3.05, 3.63) is 100 Å². The van der Waals surface area contributed by atoms with Crippen LogP contribution in [0.5, 0.6) is 23.0 Å². The predicted molar refractivity (Wildman–Crippen MR) is 158 cm³/mol. The van der Waals surface area contributed by atoms with Gasteiger partial charge in [0.2, 0.25) is 0 Å². The number of methoxy groups -OCH3 is 1. The fourth-order valence-corrected chi connectivity index (χ4v) is 4.51. The van der Waals surface area contributed by atoms with E-state index >= 15 is 0 Å². The minimum absolute atomic E-state index is 0.171. The minimum Gasteiger partial charge on any atom is -0.493 e. The molecule has 1 aromatic heterocycles. The van der Waals surface area contributed by atoms with Crippen LogP contribution in [0.1, 0.15) is 60.4 Å². The van der Waals surface area contributed by atoms with Gasteiger partial charge in [-0.25, -0.2) is 9.18 Å². The van der Waals surface area contributed by atoms with Crippen LogP contribution in [0, 0.1) is 19.7 Å². The summed E-state index contributed by atoms with van der Waals surface area (Å²) in [5.74, 6) is 0.578. The molecule has 0 aliphatic rings. The van der Waals surface area contributed by atoms with Gasteiger partial charge in [0.05, 0.1) is 25.1 Å². The van der Waals surface area contributed by atoms with Crippen molar-refractivity contribution >= 4 is 5.97 Å².